The average molecular weight is 607 g/mol. The van der Waals surface area contributed by atoms with Crippen LogP contribution in [0.4, 0.5) is 5.69 Å². The molecule has 2 amide bonds. The maximum absolute atomic E-state index is 13.0. The summed E-state index contributed by atoms with van der Waals surface area (Å²) in [4.78, 5) is 25.6. The van der Waals surface area contributed by atoms with E-state index < -0.39 is 11.8 Å². The molecule has 3 aromatic rings. The second kappa shape index (κ2) is 10.6. The molecule has 6 nitrogen and oxygen atoms in total. The number of amides is 2. The van der Waals surface area contributed by atoms with Crippen molar-refractivity contribution in [3.05, 3.63) is 91.3 Å². The van der Waals surface area contributed by atoms with E-state index >= 15 is 0 Å². The molecule has 0 atom stereocenters. The standard InChI is InChI=1S/C25H19Br2ClN2O4/c1-2-33-20-13-16(12-18-24(31)29-30(25(18)32)17-9-4-3-5-10-17)21(26)22(27)23(20)34-14-15-8-6-7-11-19(15)28/h3-13H,2,14H2,1H3,(H,29,31)/b18-12-. The van der Waals surface area contributed by atoms with Crippen LogP contribution in [0, 0.1) is 0 Å². The molecule has 0 unspecified atom stereocenters. The number of nitrogens with one attached hydrogen (secondary N) is 1. The van der Waals surface area contributed by atoms with E-state index in [1.165, 1.54) is 11.1 Å². The largest absolute Gasteiger partial charge is 0.490 e. The minimum absolute atomic E-state index is 0.00337. The molecule has 1 fully saturated rings. The number of carbonyl (C=O) groups excluding carboxylic acids is 2. The maximum atomic E-state index is 13.0. The lowest BCUT2D eigenvalue weighted by Gasteiger charge is -2.17. The molecule has 1 saturated heterocycles. The van der Waals surface area contributed by atoms with Gasteiger partial charge in [-0.3, -0.25) is 15.0 Å². The van der Waals surface area contributed by atoms with Crippen LogP contribution in [-0.4, -0.2) is 18.4 Å². The fourth-order valence-electron chi connectivity index (χ4n) is 3.34. The molecule has 3 aromatic carbocycles. The summed E-state index contributed by atoms with van der Waals surface area (Å²) < 4.78 is 13.0. The van der Waals surface area contributed by atoms with Crippen LogP contribution in [0.1, 0.15) is 18.1 Å². The first-order chi connectivity index (χ1) is 16.4. The Morgan fingerprint density at radius 3 is 2.41 bits per heavy atom. The van der Waals surface area contributed by atoms with Crippen molar-refractivity contribution in [2.45, 2.75) is 13.5 Å². The number of benzene rings is 3. The van der Waals surface area contributed by atoms with Crippen molar-refractivity contribution in [3.8, 4) is 11.5 Å². The molecule has 1 aliphatic rings. The topological polar surface area (TPSA) is 67.9 Å². The summed E-state index contributed by atoms with van der Waals surface area (Å²) in [7, 11) is 0. The van der Waals surface area contributed by atoms with E-state index in [4.69, 9.17) is 21.1 Å². The number of rotatable bonds is 7. The van der Waals surface area contributed by atoms with Crippen LogP contribution < -0.4 is 19.9 Å². The van der Waals surface area contributed by atoms with E-state index in [0.717, 1.165) is 5.56 Å². The molecule has 9 heteroatoms. The summed E-state index contributed by atoms with van der Waals surface area (Å²) in [5, 5.41) is 1.83. The van der Waals surface area contributed by atoms with Crippen LogP contribution >= 0.6 is 43.5 Å². The molecule has 0 radical (unpaired) electrons. The summed E-state index contributed by atoms with van der Waals surface area (Å²) >= 11 is 13.4. The minimum Gasteiger partial charge on any atom is -0.490 e. The normalized spacial score (nSPS) is 14.5. The van der Waals surface area contributed by atoms with E-state index in [1.807, 2.05) is 31.2 Å². The van der Waals surface area contributed by atoms with Crippen LogP contribution in [0.2, 0.25) is 5.02 Å². The third kappa shape index (κ3) is 4.99. The van der Waals surface area contributed by atoms with Crippen LogP contribution in [-0.2, 0) is 16.2 Å². The smallest absolute Gasteiger partial charge is 0.282 e. The molecule has 0 aromatic heterocycles. The lowest BCUT2D eigenvalue weighted by atomic mass is 10.1. The molecule has 1 heterocycles. The molecular weight excluding hydrogens is 588 g/mol. The Balaban J connectivity index is 1.67. The second-order valence-electron chi connectivity index (χ2n) is 7.21. The summed E-state index contributed by atoms with van der Waals surface area (Å²) in [5.41, 5.74) is 4.58. The average Bonchev–Trinajstić information content (AvgIpc) is 3.12. The number of hydrazine groups is 1. The minimum atomic E-state index is -0.492. The number of carbonyl (C=O) groups is 2. The van der Waals surface area contributed by atoms with Gasteiger partial charge < -0.3 is 9.47 Å². The molecule has 0 aliphatic carbocycles. The van der Waals surface area contributed by atoms with Crippen molar-refractivity contribution in [2.24, 2.45) is 0 Å². The van der Waals surface area contributed by atoms with E-state index in [-0.39, 0.29) is 12.2 Å². The van der Waals surface area contributed by atoms with Gasteiger partial charge in [0.1, 0.15) is 12.2 Å². The zero-order chi connectivity index (χ0) is 24.2. The van der Waals surface area contributed by atoms with Crippen molar-refractivity contribution in [1.82, 2.24) is 5.43 Å². The molecule has 34 heavy (non-hydrogen) atoms. The Morgan fingerprint density at radius 2 is 1.71 bits per heavy atom. The summed E-state index contributed by atoms with van der Waals surface area (Å²) in [6.07, 6.45) is 1.52. The molecular formula is C25H19Br2ClN2O4. The Bertz CT molecular complexity index is 1280. The van der Waals surface area contributed by atoms with Crippen LogP contribution in [0.5, 0.6) is 11.5 Å². The van der Waals surface area contributed by atoms with Gasteiger partial charge in [-0.2, -0.15) is 0 Å². The third-order valence-electron chi connectivity index (χ3n) is 4.99. The van der Waals surface area contributed by atoms with Crippen molar-refractivity contribution in [3.63, 3.8) is 0 Å². The Morgan fingerprint density at radius 1 is 1.00 bits per heavy atom. The zero-order valence-corrected chi connectivity index (χ0v) is 21.9. The highest BCUT2D eigenvalue weighted by atomic mass is 79.9. The molecule has 4 rings (SSSR count). The quantitative estimate of drug-likeness (QED) is 0.253. The number of hydrogen-bond donors (Lipinski definition) is 1. The fraction of sp³-hybridized carbons (Fsp3) is 0.120. The van der Waals surface area contributed by atoms with E-state index in [0.29, 0.717) is 43.3 Å². The molecule has 174 valence electrons. The SMILES string of the molecule is CCOc1cc(/C=C2/C(=O)NN(c3ccccc3)C2=O)c(Br)c(Br)c1OCc1ccccc1Cl. The molecule has 1 N–H and O–H groups in total. The molecule has 0 spiro atoms. The van der Waals surface area contributed by atoms with Crippen molar-refractivity contribution >= 4 is 67.0 Å². The zero-order valence-electron chi connectivity index (χ0n) is 18.0. The van der Waals surface area contributed by atoms with Gasteiger partial charge in [0, 0.05) is 15.1 Å². The van der Waals surface area contributed by atoms with Crippen LogP contribution in [0.25, 0.3) is 6.08 Å². The van der Waals surface area contributed by atoms with Crippen LogP contribution in [0.3, 0.4) is 0 Å². The van der Waals surface area contributed by atoms with Crippen molar-refractivity contribution in [2.75, 3.05) is 11.6 Å². The first kappa shape index (κ1) is 24.3. The number of ether oxygens (including phenoxy) is 2. The van der Waals surface area contributed by atoms with Gasteiger partial charge in [-0.15, -0.1) is 0 Å². The van der Waals surface area contributed by atoms with Gasteiger partial charge >= 0.3 is 0 Å². The van der Waals surface area contributed by atoms with Crippen molar-refractivity contribution < 1.29 is 19.1 Å². The predicted octanol–water partition coefficient (Wildman–Crippen LogP) is 6.30. The fourth-order valence-corrected chi connectivity index (χ4v) is 4.48. The lowest BCUT2D eigenvalue weighted by Crippen LogP contribution is -2.35. The van der Waals surface area contributed by atoms with Gasteiger partial charge in [-0.25, -0.2) is 5.01 Å². The highest BCUT2D eigenvalue weighted by Gasteiger charge is 2.34. The van der Waals surface area contributed by atoms with Crippen molar-refractivity contribution in [1.29, 1.82) is 0 Å². The summed E-state index contributed by atoms with van der Waals surface area (Å²) in [5.74, 6) is -0.00346. The first-order valence-electron chi connectivity index (χ1n) is 10.3. The van der Waals surface area contributed by atoms with Gasteiger partial charge in [0.05, 0.1) is 16.8 Å². The molecule has 0 saturated carbocycles. The number of nitrogens with zero attached hydrogens (tertiary/aromatic N) is 1. The number of hydrogen-bond acceptors (Lipinski definition) is 4. The lowest BCUT2D eigenvalue weighted by molar-refractivity contribution is -0.117. The Labute approximate surface area is 218 Å². The van der Waals surface area contributed by atoms with Crippen LogP contribution in [0.15, 0.2) is 75.2 Å². The first-order valence-corrected chi connectivity index (χ1v) is 12.3. The maximum Gasteiger partial charge on any atom is 0.282 e. The summed E-state index contributed by atoms with van der Waals surface area (Å²) in [6.45, 7) is 2.49. The predicted molar refractivity (Wildman–Crippen MR) is 139 cm³/mol. The molecule has 0 bridgehead atoms. The highest BCUT2D eigenvalue weighted by Crippen LogP contribution is 2.44. The Kier molecular flexibility index (Phi) is 7.60. The molecule has 1 aliphatic heterocycles. The van der Waals surface area contributed by atoms with Gasteiger partial charge in [-0.1, -0.05) is 48.0 Å². The van der Waals surface area contributed by atoms with E-state index in [2.05, 4.69) is 37.3 Å². The number of anilines is 1. The monoisotopic (exact) mass is 604 g/mol. The van der Waals surface area contributed by atoms with Gasteiger partial charge in [0.25, 0.3) is 11.8 Å². The number of para-hydroxylation sites is 1. The second-order valence-corrected chi connectivity index (χ2v) is 9.20. The third-order valence-corrected chi connectivity index (χ3v) is 7.50. The highest BCUT2D eigenvalue weighted by molar-refractivity contribution is 9.13. The summed E-state index contributed by atoms with van der Waals surface area (Å²) in [6, 6.07) is 18.0. The van der Waals surface area contributed by atoms with Gasteiger partial charge in [0.15, 0.2) is 11.5 Å². The number of halogens is 3. The van der Waals surface area contributed by atoms with E-state index in [9.17, 15) is 9.59 Å². The van der Waals surface area contributed by atoms with E-state index in [1.54, 1.807) is 36.4 Å². The Hall–Kier alpha value is -2.81. The van der Waals surface area contributed by atoms with Gasteiger partial charge in [0.2, 0.25) is 0 Å². The van der Waals surface area contributed by atoms with Gasteiger partial charge in [-0.05, 0) is 74.7 Å².